The molecule has 0 saturated carbocycles. The summed E-state index contributed by atoms with van der Waals surface area (Å²) in [5.74, 6) is 0. The Hall–Kier alpha value is -0.730. The normalized spacial score (nSPS) is 20.2. The van der Waals surface area contributed by atoms with Crippen LogP contribution < -0.4 is 5.32 Å². The van der Waals surface area contributed by atoms with Crippen LogP contribution in [0.5, 0.6) is 0 Å². The van der Waals surface area contributed by atoms with Crippen LogP contribution in [0.1, 0.15) is 25.5 Å². The highest BCUT2D eigenvalue weighted by Gasteiger charge is 2.36. The van der Waals surface area contributed by atoms with Crippen LogP contribution >= 0.6 is 12.4 Å². The van der Waals surface area contributed by atoms with Gasteiger partial charge in [-0.25, -0.2) is 0 Å². The number of pyridine rings is 1. The van der Waals surface area contributed by atoms with Crippen LogP contribution in [0.15, 0.2) is 24.5 Å². The summed E-state index contributed by atoms with van der Waals surface area (Å²) >= 11 is 0. The Morgan fingerprint density at radius 2 is 2.14 bits per heavy atom. The van der Waals surface area contributed by atoms with Gasteiger partial charge in [0.1, 0.15) is 0 Å². The van der Waals surface area contributed by atoms with Crippen LogP contribution in [0.25, 0.3) is 0 Å². The molecule has 1 N–H and O–H groups in total. The maximum atomic E-state index is 12.7. The molecule has 0 aromatic carbocycles. The highest BCUT2D eigenvalue weighted by atomic mass is 35.5. The molecule has 0 spiro atoms. The lowest BCUT2D eigenvalue weighted by Crippen LogP contribution is -2.53. The number of rotatable bonds is 5. The number of hydrogen-bond donors (Lipinski definition) is 1. The molecule has 21 heavy (non-hydrogen) atoms. The third-order valence-corrected chi connectivity index (χ3v) is 5.79. The lowest BCUT2D eigenvalue weighted by molar-refractivity contribution is 0.249. The predicted molar refractivity (Wildman–Crippen MR) is 85.6 cm³/mol. The molecule has 1 unspecified atom stereocenters. The molecule has 1 aliphatic rings. The molecule has 0 aliphatic carbocycles. The molecular formula is C13H23ClN4O2S. The van der Waals surface area contributed by atoms with E-state index in [1.54, 1.807) is 16.7 Å². The van der Waals surface area contributed by atoms with E-state index in [-0.39, 0.29) is 18.4 Å². The summed E-state index contributed by atoms with van der Waals surface area (Å²) in [5, 5.41) is 3.26. The Morgan fingerprint density at radius 1 is 1.43 bits per heavy atom. The monoisotopic (exact) mass is 334 g/mol. The first-order chi connectivity index (χ1) is 9.61. The maximum absolute atomic E-state index is 12.7. The fourth-order valence-corrected chi connectivity index (χ4v) is 4.31. The van der Waals surface area contributed by atoms with Crippen molar-refractivity contribution in [2.75, 3.05) is 32.7 Å². The zero-order chi connectivity index (χ0) is 14.6. The van der Waals surface area contributed by atoms with Gasteiger partial charge in [0.25, 0.3) is 10.2 Å². The van der Waals surface area contributed by atoms with Crippen LogP contribution in [0, 0.1) is 0 Å². The number of nitrogens with zero attached hydrogens (tertiary/aromatic N) is 3. The van der Waals surface area contributed by atoms with E-state index in [0.717, 1.165) is 5.56 Å². The van der Waals surface area contributed by atoms with Crippen LogP contribution in [-0.2, 0) is 10.2 Å². The molecule has 0 amide bonds. The zero-order valence-corrected chi connectivity index (χ0v) is 14.0. The van der Waals surface area contributed by atoms with Gasteiger partial charge in [0, 0.05) is 45.1 Å². The van der Waals surface area contributed by atoms with Gasteiger partial charge in [0.15, 0.2) is 0 Å². The molecule has 1 saturated heterocycles. The molecule has 0 radical (unpaired) electrons. The maximum Gasteiger partial charge on any atom is 0.282 e. The second kappa shape index (κ2) is 8.05. The highest BCUT2D eigenvalue weighted by Crippen LogP contribution is 2.26. The summed E-state index contributed by atoms with van der Waals surface area (Å²) in [4.78, 5) is 4.10. The summed E-state index contributed by atoms with van der Waals surface area (Å²) in [6, 6.07) is 3.57. The first-order valence-corrected chi connectivity index (χ1v) is 8.38. The van der Waals surface area contributed by atoms with Gasteiger partial charge in [0.2, 0.25) is 0 Å². The Labute approximate surface area is 133 Å². The molecule has 6 nitrogen and oxygen atoms in total. The van der Waals surface area contributed by atoms with Crippen molar-refractivity contribution in [3.05, 3.63) is 30.1 Å². The van der Waals surface area contributed by atoms with Crippen molar-refractivity contribution < 1.29 is 8.42 Å². The lowest BCUT2D eigenvalue weighted by Gasteiger charge is -2.37. The summed E-state index contributed by atoms with van der Waals surface area (Å²) < 4.78 is 28.6. The molecule has 1 atom stereocenters. The Bertz CT molecular complexity index is 522. The number of nitrogens with one attached hydrogen (secondary N) is 1. The molecule has 1 aromatic heterocycles. The fourth-order valence-electron chi connectivity index (χ4n) is 2.52. The molecule has 2 rings (SSSR count). The standard InChI is InChI=1S/C13H22N4O2S.ClH/c1-3-16(4-2)20(18,19)17-9-8-15-11-13(17)12-6-5-7-14-10-12;/h5-7,10,13,15H,3-4,8-9,11H2,1-2H3;1H. The molecule has 1 fully saturated rings. The Balaban J connectivity index is 0.00000220. The molecule has 1 aliphatic heterocycles. The fraction of sp³-hybridized carbons (Fsp3) is 0.615. The molecule has 1 aromatic rings. The van der Waals surface area contributed by atoms with E-state index < -0.39 is 10.2 Å². The van der Waals surface area contributed by atoms with Crippen molar-refractivity contribution in [3.8, 4) is 0 Å². The summed E-state index contributed by atoms with van der Waals surface area (Å²) in [6.07, 6.45) is 3.44. The van der Waals surface area contributed by atoms with Gasteiger partial charge < -0.3 is 5.32 Å². The molecule has 120 valence electrons. The SMILES string of the molecule is CCN(CC)S(=O)(=O)N1CCNCC1c1cccnc1.Cl. The zero-order valence-electron chi connectivity index (χ0n) is 12.4. The summed E-state index contributed by atoms with van der Waals surface area (Å²) in [5.41, 5.74) is 0.926. The van der Waals surface area contributed by atoms with Gasteiger partial charge in [-0.15, -0.1) is 12.4 Å². The first-order valence-electron chi connectivity index (χ1n) is 6.98. The minimum atomic E-state index is -3.42. The number of hydrogen-bond acceptors (Lipinski definition) is 4. The van der Waals surface area contributed by atoms with Crippen LogP contribution in [-0.4, -0.2) is 54.7 Å². The van der Waals surface area contributed by atoms with E-state index in [4.69, 9.17) is 0 Å². The first kappa shape index (κ1) is 18.3. The predicted octanol–water partition coefficient (Wildman–Crippen LogP) is 1.04. The topological polar surface area (TPSA) is 65.5 Å². The van der Waals surface area contributed by atoms with Crippen LogP contribution in [0.3, 0.4) is 0 Å². The molecule has 2 heterocycles. The van der Waals surface area contributed by atoms with Crippen molar-refractivity contribution in [1.82, 2.24) is 18.9 Å². The second-order valence-corrected chi connectivity index (χ2v) is 6.59. The van der Waals surface area contributed by atoms with Crippen molar-refractivity contribution in [1.29, 1.82) is 0 Å². The van der Waals surface area contributed by atoms with Crippen molar-refractivity contribution in [2.45, 2.75) is 19.9 Å². The van der Waals surface area contributed by atoms with Crippen molar-refractivity contribution >= 4 is 22.6 Å². The van der Waals surface area contributed by atoms with E-state index in [2.05, 4.69) is 10.3 Å². The van der Waals surface area contributed by atoms with Gasteiger partial charge in [-0.1, -0.05) is 19.9 Å². The highest BCUT2D eigenvalue weighted by molar-refractivity contribution is 7.86. The minimum absolute atomic E-state index is 0. The Morgan fingerprint density at radius 3 is 2.71 bits per heavy atom. The smallest absolute Gasteiger partial charge is 0.282 e. The van der Waals surface area contributed by atoms with Gasteiger partial charge in [0.05, 0.1) is 6.04 Å². The quantitative estimate of drug-likeness (QED) is 0.873. The number of piperazine rings is 1. The van der Waals surface area contributed by atoms with Crippen LogP contribution in [0.2, 0.25) is 0 Å². The van der Waals surface area contributed by atoms with Gasteiger partial charge in [-0.05, 0) is 11.6 Å². The van der Waals surface area contributed by atoms with Gasteiger partial charge in [-0.2, -0.15) is 17.0 Å². The lowest BCUT2D eigenvalue weighted by atomic mass is 10.1. The average Bonchev–Trinajstić information content (AvgIpc) is 2.49. The van der Waals surface area contributed by atoms with E-state index in [9.17, 15) is 8.42 Å². The third-order valence-electron chi connectivity index (χ3n) is 3.59. The summed E-state index contributed by atoms with van der Waals surface area (Å²) in [6.45, 7) is 6.48. The molecular weight excluding hydrogens is 312 g/mol. The van der Waals surface area contributed by atoms with E-state index in [1.165, 1.54) is 4.31 Å². The summed E-state index contributed by atoms with van der Waals surface area (Å²) in [7, 11) is -3.42. The largest absolute Gasteiger partial charge is 0.313 e. The Kier molecular flexibility index (Phi) is 7.02. The van der Waals surface area contributed by atoms with Gasteiger partial charge >= 0.3 is 0 Å². The third kappa shape index (κ3) is 3.92. The van der Waals surface area contributed by atoms with E-state index in [0.29, 0.717) is 32.7 Å². The number of halogens is 1. The second-order valence-electron chi connectivity index (χ2n) is 4.71. The minimum Gasteiger partial charge on any atom is -0.313 e. The van der Waals surface area contributed by atoms with Crippen LogP contribution in [0.4, 0.5) is 0 Å². The van der Waals surface area contributed by atoms with Crippen molar-refractivity contribution in [3.63, 3.8) is 0 Å². The molecule has 8 heteroatoms. The number of aromatic nitrogens is 1. The van der Waals surface area contributed by atoms with E-state index >= 15 is 0 Å². The van der Waals surface area contributed by atoms with Crippen molar-refractivity contribution in [2.24, 2.45) is 0 Å². The average molecular weight is 335 g/mol. The van der Waals surface area contributed by atoms with E-state index in [1.807, 2.05) is 26.0 Å². The molecule has 0 bridgehead atoms. The van der Waals surface area contributed by atoms with Gasteiger partial charge in [-0.3, -0.25) is 4.98 Å².